The predicted octanol–water partition coefficient (Wildman–Crippen LogP) is 3.65. The van der Waals surface area contributed by atoms with Crippen LogP contribution < -0.4 is 10.6 Å². The number of rotatable bonds is 6. The smallest absolute Gasteiger partial charge is 0.207 e. The minimum Gasteiger partial charge on any atom is -0.296 e. The molecule has 0 bridgehead atoms. The molecule has 0 aliphatic rings. The van der Waals surface area contributed by atoms with Gasteiger partial charge in [0.05, 0.1) is 0 Å². The Bertz CT molecular complexity index is 525. The Morgan fingerprint density at radius 3 is 1.65 bits per heavy atom. The minimum atomic E-state index is -2.72. The van der Waals surface area contributed by atoms with E-state index in [1.165, 1.54) is 0 Å². The van der Waals surface area contributed by atoms with E-state index in [4.69, 9.17) is 0 Å². The molecule has 0 spiro atoms. The Kier molecular flexibility index (Phi) is 5.17. The first kappa shape index (κ1) is 15.0. The van der Waals surface area contributed by atoms with E-state index in [0.29, 0.717) is 0 Å². The monoisotopic (exact) mass is 287 g/mol. The zero-order valence-corrected chi connectivity index (χ0v) is 13.1. The summed E-state index contributed by atoms with van der Waals surface area (Å²) in [5.74, 6) is 0. The molecule has 106 valence electrons. The highest BCUT2D eigenvalue weighted by Crippen LogP contribution is 2.47. The molecule has 0 fully saturated rings. The summed E-state index contributed by atoms with van der Waals surface area (Å²) in [5.41, 5.74) is 0. The van der Waals surface area contributed by atoms with Gasteiger partial charge in [-0.15, -0.1) is 0 Å². The Morgan fingerprint density at radius 1 is 0.850 bits per heavy atom. The van der Waals surface area contributed by atoms with Gasteiger partial charge in [0.15, 0.2) is 0 Å². The second-order valence-electron chi connectivity index (χ2n) is 4.79. The highest BCUT2D eigenvalue weighted by molar-refractivity contribution is 7.76. The van der Waals surface area contributed by atoms with Crippen molar-refractivity contribution in [3.63, 3.8) is 0 Å². The van der Waals surface area contributed by atoms with Gasteiger partial charge in [-0.05, 0) is 30.7 Å². The molecule has 0 N–H and O–H groups in total. The summed E-state index contributed by atoms with van der Waals surface area (Å²) >= 11 is 0. The van der Waals surface area contributed by atoms with Crippen LogP contribution in [0.15, 0.2) is 60.7 Å². The number of nitrogens with zero attached hydrogens (tertiary/aromatic N) is 1. The lowest BCUT2D eigenvalue weighted by Crippen LogP contribution is -2.32. The zero-order valence-electron chi connectivity index (χ0n) is 12.2. The third-order valence-electron chi connectivity index (χ3n) is 3.46. The first-order chi connectivity index (χ1) is 9.73. The van der Waals surface area contributed by atoms with E-state index in [1.54, 1.807) is 0 Å². The summed E-state index contributed by atoms with van der Waals surface area (Å²) in [5, 5.41) is 1.84. The van der Waals surface area contributed by atoms with Gasteiger partial charge in [0.25, 0.3) is 0 Å². The highest BCUT2D eigenvalue weighted by Gasteiger charge is 2.32. The third kappa shape index (κ3) is 2.87. The predicted molar refractivity (Wildman–Crippen MR) is 87.3 cm³/mol. The summed E-state index contributed by atoms with van der Waals surface area (Å²) in [4.78, 5) is 0. The lowest BCUT2D eigenvalue weighted by atomic mass is 10.4. The second-order valence-corrected chi connectivity index (χ2v) is 7.54. The molecule has 0 saturated heterocycles. The van der Waals surface area contributed by atoms with Gasteiger partial charge in [-0.1, -0.05) is 50.2 Å². The largest absolute Gasteiger partial charge is 0.296 e. The first-order valence-electron chi connectivity index (χ1n) is 7.20. The molecule has 2 aromatic carbocycles. The lowest BCUT2D eigenvalue weighted by Gasteiger charge is -2.31. The maximum absolute atomic E-state index is 13.9. The normalized spacial score (nSPS) is 11.8. The van der Waals surface area contributed by atoms with E-state index in [0.717, 1.165) is 30.1 Å². The van der Waals surface area contributed by atoms with Crippen molar-refractivity contribution in [3.05, 3.63) is 60.7 Å². The molecule has 0 heterocycles. The first-order valence-corrected chi connectivity index (χ1v) is 8.86. The van der Waals surface area contributed by atoms with Gasteiger partial charge in [-0.25, -0.2) is 4.67 Å². The molecule has 0 radical (unpaired) electrons. The van der Waals surface area contributed by atoms with E-state index in [2.05, 4.69) is 18.5 Å². The van der Waals surface area contributed by atoms with Crippen molar-refractivity contribution in [3.8, 4) is 0 Å². The Balaban J connectivity index is 2.57. The molecule has 0 atom stereocenters. The van der Waals surface area contributed by atoms with E-state index in [9.17, 15) is 4.57 Å². The number of hydrogen-bond donors (Lipinski definition) is 0. The fourth-order valence-electron chi connectivity index (χ4n) is 2.49. The molecule has 3 heteroatoms. The minimum absolute atomic E-state index is 0.787. The molecule has 2 aromatic rings. The van der Waals surface area contributed by atoms with Crippen molar-refractivity contribution < 1.29 is 4.57 Å². The summed E-state index contributed by atoms with van der Waals surface area (Å²) in [7, 11) is -2.72. The summed E-state index contributed by atoms with van der Waals surface area (Å²) in [6.07, 6.45) is 0.998. The topological polar surface area (TPSA) is 20.3 Å². The maximum atomic E-state index is 13.9. The molecular weight excluding hydrogens is 265 g/mol. The third-order valence-corrected chi connectivity index (χ3v) is 6.73. The van der Waals surface area contributed by atoms with Crippen LogP contribution in [0.5, 0.6) is 0 Å². The Hall–Kier alpha value is -1.37. The molecule has 0 amide bonds. The maximum Gasteiger partial charge on any atom is 0.207 e. The quantitative estimate of drug-likeness (QED) is 0.756. The molecule has 0 aliphatic heterocycles. The van der Waals surface area contributed by atoms with Gasteiger partial charge in [0, 0.05) is 23.7 Å². The van der Waals surface area contributed by atoms with E-state index in [1.807, 2.05) is 60.7 Å². The molecule has 0 saturated carbocycles. The van der Waals surface area contributed by atoms with Gasteiger partial charge < -0.3 is 0 Å². The summed E-state index contributed by atoms with van der Waals surface area (Å²) < 4.78 is 16.0. The van der Waals surface area contributed by atoms with Crippen molar-refractivity contribution in [2.24, 2.45) is 0 Å². The average molecular weight is 287 g/mol. The zero-order chi connectivity index (χ0) is 14.4. The van der Waals surface area contributed by atoms with E-state index in [-0.39, 0.29) is 0 Å². The van der Waals surface area contributed by atoms with Crippen LogP contribution in [0.25, 0.3) is 0 Å². The summed E-state index contributed by atoms with van der Waals surface area (Å²) in [6.45, 7) is 5.84. The van der Waals surface area contributed by atoms with Crippen molar-refractivity contribution >= 4 is 17.9 Å². The number of hydrogen-bond acceptors (Lipinski definition) is 1. The number of benzene rings is 2. The molecule has 0 aromatic heterocycles. The second kappa shape index (κ2) is 6.88. The van der Waals surface area contributed by atoms with E-state index >= 15 is 0 Å². The van der Waals surface area contributed by atoms with Crippen LogP contribution in [-0.4, -0.2) is 17.8 Å². The molecule has 20 heavy (non-hydrogen) atoms. The van der Waals surface area contributed by atoms with Crippen molar-refractivity contribution in [2.75, 3.05) is 13.1 Å². The van der Waals surface area contributed by atoms with Crippen LogP contribution in [0.2, 0.25) is 0 Å². The van der Waals surface area contributed by atoms with Crippen LogP contribution in [-0.2, 0) is 4.57 Å². The molecular formula is C17H22NOP. The Labute approximate surface area is 121 Å². The van der Waals surface area contributed by atoms with Gasteiger partial charge in [0.2, 0.25) is 7.29 Å². The molecule has 2 rings (SSSR count). The molecule has 0 unspecified atom stereocenters. The fraction of sp³-hybridized carbons (Fsp3) is 0.294. The van der Waals surface area contributed by atoms with Gasteiger partial charge in [0.1, 0.15) is 0 Å². The van der Waals surface area contributed by atoms with Crippen LogP contribution in [0.1, 0.15) is 20.3 Å². The van der Waals surface area contributed by atoms with Gasteiger partial charge in [-0.3, -0.25) is 4.57 Å². The van der Waals surface area contributed by atoms with Crippen LogP contribution in [0, 0.1) is 0 Å². The van der Waals surface area contributed by atoms with E-state index < -0.39 is 7.29 Å². The van der Waals surface area contributed by atoms with Crippen LogP contribution in [0.4, 0.5) is 0 Å². The summed E-state index contributed by atoms with van der Waals surface area (Å²) in [6, 6.07) is 19.7. The van der Waals surface area contributed by atoms with Crippen molar-refractivity contribution in [2.45, 2.75) is 20.3 Å². The SMILES string of the molecule is CCCN(CC)P(=O)(c1ccccc1)c1ccccc1. The fourth-order valence-corrected chi connectivity index (χ4v) is 5.48. The standard InChI is InChI=1S/C17H22NOP/c1-3-15-18(4-2)20(19,16-11-7-5-8-12-16)17-13-9-6-10-14-17/h5-14H,3-4,15H2,1-2H3. The van der Waals surface area contributed by atoms with Crippen LogP contribution in [0.3, 0.4) is 0 Å². The lowest BCUT2D eigenvalue weighted by molar-refractivity contribution is 0.439. The highest BCUT2D eigenvalue weighted by atomic mass is 31.2. The average Bonchev–Trinajstić information content (AvgIpc) is 2.53. The van der Waals surface area contributed by atoms with Crippen LogP contribution >= 0.6 is 7.29 Å². The van der Waals surface area contributed by atoms with Gasteiger partial charge >= 0.3 is 0 Å². The van der Waals surface area contributed by atoms with Crippen molar-refractivity contribution in [1.29, 1.82) is 0 Å². The molecule has 0 aliphatic carbocycles. The molecule has 2 nitrogen and oxygen atoms in total. The Morgan fingerprint density at radius 2 is 1.30 bits per heavy atom. The van der Waals surface area contributed by atoms with Gasteiger partial charge in [-0.2, -0.15) is 0 Å². The van der Waals surface area contributed by atoms with Crippen molar-refractivity contribution in [1.82, 2.24) is 4.67 Å².